The summed E-state index contributed by atoms with van der Waals surface area (Å²) in [5.41, 5.74) is 4.31. The molecule has 0 saturated carbocycles. The van der Waals surface area contributed by atoms with Crippen molar-refractivity contribution in [3.63, 3.8) is 0 Å². The summed E-state index contributed by atoms with van der Waals surface area (Å²) in [6.45, 7) is 5.03. The number of aromatic amines is 1. The van der Waals surface area contributed by atoms with Gasteiger partial charge in [-0.05, 0) is 48.1 Å². The van der Waals surface area contributed by atoms with E-state index in [0.717, 1.165) is 57.8 Å². The smallest absolute Gasteiger partial charge is 0.493 e. The van der Waals surface area contributed by atoms with Crippen LogP contribution in [0.1, 0.15) is 44.2 Å². The Balaban J connectivity index is 1.41. The van der Waals surface area contributed by atoms with Gasteiger partial charge in [-0.2, -0.15) is 0 Å². The standard InChI is InChI=1S/C29H29NO4/c1-29(2)17-7-15-24(29)23-13-6-12-21-22(27(30-26(21)23)34-28(31)32)14-8-18-33-25-16-5-10-19-9-3-4-11-20(19)25/h3-6,9-13,15-16,30H,7-8,14,17-18H2,1-2H3,(H,31,32). The van der Waals surface area contributed by atoms with Crippen molar-refractivity contribution < 1.29 is 19.4 Å². The molecule has 5 nitrogen and oxygen atoms in total. The second-order valence-electron chi connectivity index (χ2n) is 9.50. The van der Waals surface area contributed by atoms with Crippen LogP contribution in [-0.4, -0.2) is 22.9 Å². The number of benzene rings is 3. The van der Waals surface area contributed by atoms with Gasteiger partial charge in [-0.25, -0.2) is 4.79 Å². The summed E-state index contributed by atoms with van der Waals surface area (Å²) in [5, 5.41) is 12.6. The molecule has 0 unspecified atom stereocenters. The zero-order valence-electron chi connectivity index (χ0n) is 19.6. The molecule has 0 fully saturated rings. The minimum absolute atomic E-state index is 0.0830. The predicted octanol–water partition coefficient (Wildman–Crippen LogP) is 7.59. The maximum Gasteiger partial charge on any atom is 0.512 e. The number of aryl methyl sites for hydroxylation is 1. The lowest BCUT2D eigenvalue weighted by atomic mass is 9.81. The van der Waals surface area contributed by atoms with Crippen LogP contribution in [0.4, 0.5) is 4.79 Å². The zero-order chi connectivity index (χ0) is 23.7. The van der Waals surface area contributed by atoms with Crippen LogP contribution in [0.25, 0.3) is 27.2 Å². The van der Waals surface area contributed by atoms with Crippen LogP contribution >= 0.6 is 0 Å². The summed E-state index contributed by atoms with van der Waals surface area (Å²) in [5.74, 6) is 1.16. The van der Waals surface area contributed by atoms with E-state index in [1.54, 1.807) is 0 Å². The number of allylic oxidation sites excluding steroid dienone is 2. The molecule has 5 rings (SSSR count). The molecule has 0 aliphatic heterocycles. The first-order valence-electron chi connectivity index (χ1n) is 11.8. The fraction of sp³-hybridized carbons (Fsp3) is 0.276. The van der Waals surface area contributed by atoms with Crippen LogP contribution in [0.3, 0.4) is 0 Å². The van der Waals surface area contributed by atoms with Gasteiger partial charge in [-0.3, -0.25) is 0 Å². The average molecular weight is 456 g/mol. The number of rotatable bonds is 7. The van der Waals surface area contributed by atoms with Crippen molar-refractivity contribution >= 4 is 33.4 Å². The molecule has 5 heteroatoms. The summed E-state index contributed by atoms with van der Waals surface area (Å²) in [6.07, 6.45) is 4.50. The lowest BCUT2D eigenvalue weighted by molar-refractivity contribution is 0.142. The number of carbonyl (C=O) groups is 1. The number of fused-ring (bicyclic) bond motifs is 2. The van der Waals surface area contributed by atoms with E-state index in [-0.39, 0.29) is 5.41 Å². The quantitative estimate of drug-likeness (QED) is 0.222. The SMILES string of the molecule is CC1(C)CCC=C1c1cccc2c(CCCOc3cccc4ccccc34)c(OC(=O)O)[nH]c12. The van der Waals surface area contributed by atoms with E-state index in [1.807, 2.05) is 36.4 Å². The third-order valence-corrected chi connectivity index (χ3v) is 6.81. The van der Waals surface area contributed by atoms with Crippen molar-refractivity contribution in [2.24, 2.45) is 5.41 Å². The summed E-state index contributed by atoms with van der Waals surface area (Å²) < 4.78 is 11.3. The number of nitrogens with one attached hydrogen (secondary N) is 1. The molecule has 0 saturated heterocycles. The second kappa shape index (κ2) is 8.90. The number of para-hydroxylation sites is 1. The molecule has 0 amide bonds. The molecule has 1 aliphatic carbocycles. The van der Waals surface area contributed by atoms with E-state index in [4.69, 9.17) is 9.47 Å². The van der Waals surface area contributed by atoms with Crippen molar-refractivity contribution in [1.82, 2.24) is 4.98 Å². The predicted molar refractivity (Wildman–Crippen MR) is 136 cm³/mol. The highest BCUT2D eigenvalue weighted by Gasteiger charge is 2.30. The normalized spacial score (nSPS) is 14.9. The molecule has 0 bridgehead atoms. The Labute approximate surface area is 199 Å². The molecule has 34 heavy (non-hydrogen) atoms. The summed E-state index contributed by atoms with van der Waals surface area (Å²) >= 11 is 0. The van der Waals surface area contributed by atoms with Crippen molar-refractivity contribution in [1.29, 1.82) is 0 Å². The van der Waals surface area contributed by atoms with Crippen LogP contribution < -0.4 is 9.47 Å². The van der Waals surface area contributed by atoms with Gasteiger partial charge in [0.2, 0.25) is 5.88 Å². The number of hydrogen-bond donors (Lipinski definition) is 2. The van der Waals surface area contributed by atoms with Gasteiger partial charge in [0, 0.05) is 21.9 Å². The highest BCUT2D eigenvalue weighted by atomic mass is 16.7. The maximum atomic E-state index is 11.4. The van der Waals surface area contributed by atoms with E-state index >= 15 is 0 Å². The highest BCUT2D eigenvalue weighted by Crippen LogP contribution is 2.46. The molecular weight excluding hydrogens is 426 g/mol. The Bertz CT molecular complexity index is 1390. The Hall–Kier alpha value is -3.73. The maximum absolute atomic E-state index is 11.4. The van der Waals surface area contributed by atoms with Gasteiger partial charge in [0.25, 0.3) is 0 Å². The second-order valence-corrected chi connectivity index (χ2v) is 9.50. The minimum Gasteiger partial charge on any atom is -0.493 e. The Morgan fingerprint density at radius 3 is 2.59 bits per heavy atom. The molecule has 4 aromatic rings. The number of ether oxygens (including phenoxy) is 2. The highest BCUT2D eigenvalue weighted by molar-refractivity contribution is 5.96. The topological polar surface area (TPSA) is 71.6 Å². The van der Waals surface area contributed by atoms with Crippen LogP contribution in [0.15, 0.2) is 66.7 Å². The number of carboxylic acid groups (broad SMARTS) is 1. The van der Waals surface area contributed by atoms with E-state index in [0.29, 0.717) is 18.9 Å². The van der Waals surface area contributed by atoms with Gasteiger partial charge in [0.1, 0.15) is 5.75 Å². The first kappa shape index (κ1) is 22.1. The summed E-state index contributed by atoms with van der Waals surface area (Å²) in [4.78, 5) is 14.7. The summed E-state index contributed by atoms with van der Waals surface area (Å²) in [6, 6.07) is 20.4. The van der Waals surface area contributed by atoms with Crippen LogP contribution in [0.2, 0.25) is 0 Å². The number of H-pyrrole nitrogens is 1. The molecule has 0 radical (unpaired) electrons. The molecule has 1 aromatic heterocycles. The molecule has 1 aliphatic rings. The molecule has 1 heterocycles. The summed E-state index contributed by atoms with van der Waals surface area (Å²) in [7, 11) is 0. The van der Waals surface area contributed by atoms with Gasteiger partial charge in [-0.1, -0.05) is 74.5 Å². The lowest BCUT2D eigenvalue weighted by Crippen LogP contribution is -2.09. The van der Waals surface area contributed by atoms with Crippen molar-refractivity contribution in [2.45, 2.75) is 39.5 Å². The molecule has 0 spiro atoms. The first-order chi connectivity index (χ1) is 16.4. The van der Waals surface area contributed by atoms with Crippen LogP contribution in [0, 0.1) is 5.41 Å². The van der Waals surface area contributed by atoms with Gasteiger partial charge < -0.3 is 19.6 Å². The Morgan fingerprint density at radius 1 is 1.03 bits per heavy atom. The molecule has 2 N–H and O–H groups in total. The zero-order valence-corrected chi connectivity index (χ0v) is 19.6. The van der Waals surface area contributed by atoms with Crippen LogP contribution in [-0.2, 0) is 6.42 Å². The van der Waals surface area contributed by atoms with E-state index in [2.05, 4.69) is 49.2 Å². The molecular formula is C29H29NO4. The molecule has 174 valence electrons. The van der Waals surface area contributed by atoms with E-state index in [9.17, 15) is 9.90 Å². The number of aromatic nitrogens is 1. The molecule has 3 aromatic carbocycles. The van der Waals surface area contributed by atoms with Gasteiger partial charge >= 0.3 is 6.16 Å². The van der Waals surface area contributed by atoms with Gasteiger partial charge in [0.15, 0.2) is 0 Å². The largest absolute Gasteiger partial charge is 0.512 e. The Kier molecular flexibility index (Phi) is 5.78. The van der Waals surface area contributed by atoms with Gasteiger partial charge in [-0.15, -0.1) is 0 Å². The Morgan fingerprint density at radius 2 is 1.79 bits per heavy atom. The lowest BCUT2D eigenvalue weighted by Gasteiger charge is -2.23. The number of hydrogen-bond acceptors (Lipinski definition) is 3. The van der Waals surface area contributed by atoms with Crippen molar-refractivity contribution in [3.8, 4) is 11.6 Å². The van der Waals surface area contributed by atoms with Crippen molar-refractivity contribution in [2.75, 3.05) is 6.61 Å². The van der Waals surface area contributed by atoms with Crippen LogP contribution in [0.5, 0.6) is 11.6 Å². The van der Waals surface area contributed by atoms with E-state index < -0.39 is 6.16 Å². The van der Waals surface area contributed by atoms with E-state index in [1.165, 1.54) is 5.57 Å². The fourth-order valence-corrected chi connectivity index (χ4v) is 5.11. The minimum atomic E-state index is -1.32. The first-order valence-corrected chi connectivity index (χ1v) is 11.8. The van der Waals surface area contributed by atoms with Crippen molar-refractivity contribution in [3.05, 3.63) is 77.9 Å². The fourth-order valence-electron chi connectivity index (χ4n) is 5.11. The van der Waals surface area contributed by atoms with Gasteiger partial charge in [0.05, 0.1) is 12.1 Å². The third-order valence-electron chi connectivity index (χ3n) is 6.81. The average Bonchev–Trinajstić information content (AvgIpc) is 3.35. The monoisotopic (exact) mass is 455 g/mol. The molecule has 0 atom stereocenters. The third kappa shape index (κ3) is 4.14.